The number of ether oxygens (including phenoxy) is 1. The van der Waals surface area contributed by atoms with Crippen molar-refractivity contribution in [1.82, 2.24) is 4.98 Å². The van der Waals surface area contributed by atoms with Gasteiger partial charge in [0.1, 0.15) is 11.6 Å². The van der Waals surface area contributed by atoms with E-state index in [4.69, 9.17) is 10.5 Å². The molecule has 3 nitrogen and oxygen atoms in total. The van der Waals surface area contributed by atoms with Crippen molar-refractivity contribution < 1.29 is 13.5 Å². The minimum Gasteiger partial charge on any atom is -0.436 e. The highest BCUT2D eigenvalue weighted by molar-refractivity contribution is 9.10. The van der Waals surface area contributed by atoms with Crippen LogP contribution in [0.4, 0.5) is 8.78 Å². The first-order valence-corrected chi connectivity index (χ1v) is 5.87. The van der Waals surface area contributed by atoms with Crippen LogP contribution >= 0.6 is 15.9 Å². The van der Waals surface area contributed by atoms with Crippen LogP contribution in [0.2, 0.25) is 0 Å². The van der Waals surface area contributed by atoms with Gasteiger partial charge in [0.2, 0.25) is 0 Å². The van der Waals surface area contributed by atoms with E-state index in [0.717, 1.165) is 10.7 Å². The third-order valence-corrected chi connectivity index (χ3v) is 2.72. The van der Waals surface area contributed by atoms with Gasteiger partial charge in [-0.15, -0.1) is 0 Å². The summed E-state index contributed by atoms with van der Waals surface area (Å²) in [6.07, 6.45) is 0.888. The molecule has 1 aromatic heterocycles. The average Bonchev–Trinajstić information content (AvgIpc) is 2.34. The van der Waals surface area contributed by atoms with Gasteiger partial charge in [-0.05, 0) is 18.2 Å². The Bertz CT molecular complexity index is 578. The van der Waals surface area contributed by atoms with Crippen molar-refractivity contribution in [1.29, 1.82) is 0 Å². The number of rotatable bonds is 3. The summed E-state index contributed by atoms with van der Waals surface area (Å²) in [6, 6.07) is 5.84. The van der Waals surface area contributed by atoms with Gasteiger partial charge in [-0.25, -0.2) is 13.8 Å². The molecule has 0 aliphatic rings. The first kappa shape index (κ1) is 12.9. The van der Waals surface area contributed by atoms with Crippen LogP contribution in [0, 0.1) is 11.6 Å². The summed E-state index contributed by atoms with van der Waals surface area (Å²) in [5.41, 5.74) is 6.25. The molecule has 6 heteroatoms. The van der Waals surface area contributed by atoms with Crippen LogP contribution in [0.3, 0.4) is 0 Å². The molecule has 0 unspecified atom stereocenters. The molecule has 0 aliphatic carbocycles. The maximum atomic E-state index is 13.4. The SMILES string of the molecule is NCc1cc(Br)ccc1Oc1ncc(F)cc1F. The standard InChI is InChI=1S/C12H9BrF2N2O/c13-8-1-2-11(7(3-8)5-16)18-12-10(15)4-9(14)6-17-12/h1-4,6H,5,16H2. The second-order valence-corrected chi connectivity index (χ2v) is 4.41. The Morgan fingerprint density at radius 2 is 2.06 bits per heavy atom. The van der Waals surface area contributed by atoms with E-state index >= 15 is 0 Å². The molecule has 0 aliphatic heterocycles. The average molecular weight is 315 g/mol. The number of benzene rings is 1. The van der Waals surface area contributed by atoms with Crippen LogP contribution in [0.25, 0.3) is 0 Å². The largest absolute Gasteiger partial charge is 0.436 e. The Balaban J connectivity index is 2.33. The van der Waals surface area contributed by atoms with E-state index in [0.29, 0.717) is 17.4 Å². The molecule has 0 bridgehead atoms. The lowest BCUT2D eigenvalue weighted by Crippen LogP contribution is -2.01. The number of nitrogens with zero attached hydrogens (tertiary/aromatic N) is 1. The molecule has 0 saturated carbocycles. The molecule has 94 valence electrons. The number of hydrogen-bond acceptors (Lipinski definition) is 3. The molecule has 18 heavy (non-hydrogen) atoms. The molecule has 0 atom stereocenters. The molecule has 0 amide bonds. The topological polar surface area (TPSA) is 48.1 Å². The Hall–Kier alpha value is -1.53. The van der Waals surface area contributed by atoms with Gasteiger partial charge in [-0.1, -0.05) is 15.9 Å². The molecule has 0 radical (unpaired) electrons. The zero-order valence-corrected chi connectivity index (χ0v) is 10.7. The zero-order chi connectivity index (χ0) is 13.1. The monoisotopic (exact) mass is 314 g/mol. The molecule has 2 aromatic rings. The van der Waals surface area contributed by atoms with E-state index < -0.39 is 11.6 Å². The zero-order valence-electron chi connectivity index (χ0n) is 9.16. The number of nitrogens with two attached hydrogens (primary N) is 1. The lowest BCUT2D eigenvalue weighted by Gasteiger charge is -2.10. The summed E-state index contributed by atoms with van der Waals surface area (Å²) in [4.78, 5) is 3.55. The van der Waals surface area contributed by atoms with Gasteiger partial charge in [0.15, 0.2) is 5.82 Å². The maximum absolute atomic E-state index is 13.4. The highest BCUT2D eigenvalue weighted by atomic mass is 79.9. The maximum Gasteiger partial charge on any atom is 0.256 e. The van der Waals surface area contributed by atoms with Gasteiger partial charge < -0.3 is 10.5 Å². The van der Waals surface area contributed by atoms with Gasteiger partial charge in [-0.3, -0.25) is 0 Å². The summed E-state index contributed by atoms with van der Waals surface area (Å²) in [7, 11) is 0. The van der Waals surface area contributed by atoms with Crippen molar-refractivity contribution in [3.05, 3.63) is 52.1 Å². The van der Waals surface area contributed by atoms with Crippen molar-refractivity contribution in [2.45, 2.75) is 6.54 Å². The smallest absolute Gasteiger partial charge is 0.256 e. The van der Waals surface area contributed by atoms with Crippen molar-refractivity contribution in [2.75, 3.05) is 0 Å². The first-order valence-electron chi connectivity index (χ1n) is 5.07. The van der Waals surface area contributed by atoms with Crippen molar-refractivity contribution in [2.24, 2.45) is 5.73 Å². The summed E-state index contributed by atoms with van der Waals surface area (Å²) >= 11 is 3.30. The molecular formula is C12H9BrF2N2O. The van der Waals surface area contributed by atoms with E-state index in [-0.39, 0.29) is 12.4 Å². The van der Waals surface area contributed by atoms with E-state index in [9.17, 15) is 8.78 Å². The van der Waals surface area contributed by atoms with Gasteiger partial charge in [0.25, 0.3) is 5.88 Å². The number of hydrogen-bond donors (Lipinski definition) is 1. The number of aromatic nitrogens is 1. The Labute approximate surface area is 111 Å². The van der Waals surface area contributed by atoms with Crippen LogP contribution in [0.5, 0.6) is 11.6 Å². The molecular weight excluding hydrogens is 306 g/mol. The van der Waals surface area contributed by atoms with Crippen LogP contribution in [-0.2, 0) is 6.54 Å². The normalized spacial score (nSPS) is 10.4. The Kier molecular flexibility index (Phi) is 3.88. The second kappa shape index (κ2) is 5.41. The van der Waals surface area contributed by atoms with E-state index in [2.05, 4.69) is 20.9 Å². The van der Waals surface area contributed by atoms with E-state index in [1.165, 1.54) is 0 Å². The van der Waals surface area contributed by atoms with Gasteiger partial charge in [0.05, 0.1) is 6.20 Å². The third-order valence-electron chi connectivity index (χ3n) is 2.22. The lowest BCUT2D eigenvalue weighted by molar-refractivity contribution is 0.413. The van der Waals surface area contributed by atoms with Gasteiger partial charge in [-0.2, -0.15) is 0 Å². The van der Waals surface area contributed by atoms with Crippen molar-refractivity contribution >= 4 is 15.9 Å². The summed E-state index contributed by atoms with van der Waals surface area (Å²) in [6.45, 7) is 0.234. The Morgan fingerprint density at radius 1 is 1.28 bits per heavy atom. The summed E-state index contributed by atoms with van der Waals surface area (Å²) < 4.78 is 32.2. The van der Waals surface area contributed by atoms with Crippen molar-refractivity contribution in [3.8, 4) is 11.6 Å². The fourth-order valence-electron chi connectivity index (χ4n) is 1.39. The summed E-state index contributed by atoms with van der Waals surface area (Å²) in [5, 5.41) is 0. The highest BCUT2D eigenvalue weighted by Gasteiger charge is 2.10. The molecule has 1 heterocycles. The predicted octanol–water partition coefficient (Wildman–Crippen LogP) is 3.37. The quantitative estimate of drug-likeness (QED) is 0.945. The van der Waals surface area contributed by atoms with Crippen molar-refractivity contribution in [3.63, 3.8) is 0 Å². The first-order chi connectivity index (χ1) is 8.60. The summed E-state index contributed by atoms with van der Waals surface area (Å²) in [5.74, 6) is -1.51. The van der Waals surface area contributed by atoms with Crippen LogP contribution in [0.1, 0.15) is 5.56 Å². The fourth-order valence-corrected chi connectivity index (χ4v) is 1.80. The third kappa shape index (κ3) is 2.83. The minimum atomic E-state index is -0.860. The molecule has 1 aromatic carbocycles. The molecule has 2 rings (SSSR count). The fraction of sp³-hybridized carbons (Fsp3) is 0.0833. The number of halogens is 3. The van der Waals surface area contributed by atoms with Crippen LogP contribution in [-0.4, -0.2) is 4.98 Å². The molecule has 0 fully saturated rings. The number of pyridine rings is 1. The minimum absolute atomic E-state index is 0.234. The molecule has 0 saturated heterocycles. The second-order valence-electron chi connectivity index (χ2n) is 3.50. The molecule has 2 N–H and O–H groups in total. The van der Waals surface area contributed by atoms with Gasteiger partial charge >= 0.3 is 0 Å². The lowest BCUT2D eigenvalue weighted by atomic mass is 10.2. The van der Waals surface area contributed by atoms with E-state index in [1.807, 2.05) is 0 Å². The van der Waals surface area contributed by atoms with Gasteiger partial charge in [0, 0.05) is 22.6 Å². The molecule has 0 spiro atoms. The van der Waals surface area contributed by atoms with Crippen LogP contribution < -0.4 is 10.5 Å². The predicted molar refractivity (Wildman–Crippen MR) is 66.3 cm³/mol. The highest BCUT2D eigenvalue weighted by Crippen LogP contribution is 2.28. The Morgan fingerprint density at radius 3 is 2.72 bits per heavy atom. The van der Waals surface area contributed by atoms with E-state index in [1.54, 1.807) is 18.2 Å². The van der Waals surface area contributed by atoms with Crippen LogP contribution in [0.15, 0.2) is 34.9 Å².